The van der Waals surface area contributed by atoms with E-state index in [1.54, 1.807) is 0 Å². The molecule has 1 rings (SSSR count). The Hall–Kier alpha value is -0.120. The van der Waals surface area contributed by atoms with Crippen molar-refractivity contribution in [3.05, 3.63) is 0 Å². The molecule has 0 radical (unpaired) electrons. The van der Waals surface area contributed by atoms with Gasteiger partial charge in [-0.05, 0) is 18.8 Å². The zero-order valence-electron chi connectivity index (χ0n) is 10.00. The maximum absolute atomic E-state index is 10.3. The van der Waals surface area contributed by atoms with Gasteiger partial charge in [0.05, 0.1) is 12.2 Å². The number of hydrogen-bond donors (Lipinski definition) is 3. The molecule has 3 heteroatoms. The molecule has 0 aromatic carbocycles. The van der Waals surface area contributed by atoms with Crippen molar-refractivity contribution in [1.82, 2.24) is 5.32 Å². The van der Waals surface area contributed by atoms with E-state index in [2.05, 4.69) is 19.2 Å². The molecule has 1 unspecified atom stereocenters. The summed E-state index contributed by atoms with van der Waals surface area (Å²) in [7, 11) is 0. The number of hydrogen-bond acceptors (Lipinski definition) is 3. The molecule has 1 aliphatic carbocycles. The van der Waals surface area contributed by atoms with Crippen LogP contribution in [0.3, 0.4) is 0 Å². The zero-order valence-corrected chi connectivity index (χ0v) is 10.00. The van der Waals surface area contributed by atoms with Crippen molar-refractivity contribution in [1.29, 1.82) is 0 Å². The van der Waals surface area contributed by atoms with Crippen LogP contribution in [-0.4, -0.2) is 35.0 Å². The highest BCUT2D eigenvalue weighted by molar-refractivity contribution is 4.86. The van der Waals surface area contributed by atoms with Gasteiger partial charge in [0, 0.05) is 12.6 Å². The Kier molecular flexibility index (Phi) is 5.03. The van der Waals surface area contributed by atoms with E-state index in [1.165, 1.54) is 6.42 Å². The van der Waals surface area contributed by atoms with Crippen molar-refractivity contribution in [3.63, 3.8) is 0 Å². The SMILES string of the molecule is CC(C)C(CO)NCC1(O)CCCCC1. The minimum Gasteiger partial charge on any atom is -0.395 e. The van der Waals surface area contributed by atoms with Crippen molar-refractivity contribution in [2.75, 3.05) is 13.2 Å². The fourth-order valence-corrected chi connectivity index (χ4v) is 2.22. The quantitative estimate of drug-likeness (QED) is 0.648. The summed E-state index contributed by atoms with van der Waals surface area (Å²) in [6, 6.07) is 0.107. The van der Waals surface area contributed by atoms with E-state index in [0.717, 1.165) is 25.7 Å². The average Bonchev–Trinajstić information content (AvgIpc) is 2.19. The molecule has 0 spiro atoms. The van der Waals surface area contributed by atoms with E-state index in [0.29, 0.717) is 12.5 Å². The first kappa shape index (κ1) is 12.9. The summed E-state index contributed by atoms with van der Waals surface area (Å²) in [5.74, 6) is 0.405. The molecule has 90 valence electrons. The lowest BCUT2D eigenvalue weighted by atomic mass is 9.84. The van der Waals surface area contributed by atoms with Gasteiger partial charge in [-0.25, -0.2) is 0 Å². The molecule has 0 amide bonds. The Morgan fingerprint density at radius 3 is 2.27 bits per heavy atom. The molecule has 1 saturated carbocycles. The van der Waals surface area contributed by atoms with E-state index in [-0.39, 0.29) is 12.6 Å². The van der Waals surface area contributed by atoms with Gasteiger partial charge in [0.25, 0.3) is 0 Å². The predicted octanol–water partition coefficient (Wildman–Crippen LogP) is 1.29. The number of nitrogens with one attached hydrogen (secondary N) is 1. The largest absolute Gasteiger partial charge is 0.395 e. The first-order chi connectivity index (χ1) is 7.07. The van der Waals surface area contributed by atoms with E-state index in [9.17, 15) is 5.11 Å². The normalized spacial score (nSPS) is 23.0. The summed E-state index contributed by atoms with van der Waals surface area (Å²) >= 11 is 0. The van der Waals surface area contributed by atoms with Gasteiger partial charge in [0.15, 0.2) is 0 Å². The van der Waals surface area contributed by atoms with Crippen molar-refractivity contribution < 1.29 is 10.2 Å². The van der Waals surface area contributed by atoms with Crippen molar-refractivity contribution in [2.45, 2.75) is 57.6 Å². The summed E-state index contributed by atoms with van der Waals surface area (Å²) in [4.78, 5) is 0. The molecule has 1 aliphatic rings. The van der Waals surface area contributed by atoms with Gasteiger partial charge in [-0.2, -0.15) is 0 Å². The van der Waals surface area contributed by atoms with Gasteiger partial charge in [-0.15, -0.1) is 0 Å². The third-order valence-corrected chi connectivity index (χ3v) is 3.48. The van der Waals surface area contributed by atoms with Crippen LogP contribution in [0.5, 0.6) is 0 Å². The molecule has 0 bridgehead atoms. The lowest BCUT2D eigenvalue weighted by Crippen LogP contribution is -2.48. The highest BCUT2D eigenvalue weighted by Crippen LogP contribution is 2.27. The molecule has 1 atom stereocenters. The maximum Gasteiger partial charge on any atom is 0.0771 e. The van der Waals surface area contributed by atoms with Crippen LogP contribution in [0.15, 0.2) is 0 Å². The van der Waals surface area contributed by atoms with Gasteiger partial charge in [-0.3, -0.25) is 0 Å². The van der Waals surface area contributed by atoms with Gasteiger partial charge >= 0.3 is 0 Å². The fraction of sp³-hybridized carbons (Fsp3) is 1.00. The monoisotopic (exact) mass is 215 g/mol. The minimum absolute atomic E-state index is 0.107. The van der Waals surface area contributed by atoms with Crippen LogP contribution in [0, 0.1) is 5.92 Å². The van der Waals surface area contributed by atoms with E-state index >= 15 is 0 Å². The van der Waals surface area contributed by atoms with Crippen LogP contribution in [0.2, 0.25) is 0 Å². The fourth-order valence-electron chi connectivity index (χ4n) is 2.22. The van der Waals surface area contributed by atoms with E-state index in [4.69, 9.17) is 5.11 Å². The third kappa shape index (κ3) is 4.09. The van der Waals surface area contributed by atoms with Crippen LogP contribution >= 0.6 is 0 Å². The van der Waals surface area contributed by atoms with Crippen LogP contribution in [-0.2, 0) is 0 Å². The Morgan fingerprint density at radius 2 is 1.80 bits per heavy atom. The molecule has 3 N–H and O–H groups in total. The van der Waals surface area contributed by atoms with Gasteiger partial charge in [0.2, 0.25) is 0 Å². The molecule has 0 aromatic heterocycles. The van der Waals surface area contributed by atoms with Gasteiger partial charge in [0.1, 0.15) is 0 Å². The first-order valence-electron chi connectivity index (χ1n) is 6.14. The van der Waals surface area contributed by atoms with Crippen LogP contribution in [0.25, 0.3) is 0 Å². The Bertz CT molecular complexity index is 176. The lowest BCUT2D eigenvalue weighted by molar-refractivity contribution is -0.000488. The average molecular weight is 215 g/mol. The van der Waals surface area contributed by atoms with Crippen molar-refractivity contribution in [3.8, 4) is 0 Å². The molecular formula is C12H25NO2. The van der Waals surface area contributed by atoms with Crippen LogP contribution in [0.4, 0.5) is 0 Å². The van der Waals surface area contributed by atoms with Crippen LogP contribution in [0.1, 0.15) is 46.0 Å². The summed E-state index contributed by atoms with van der Waals surface area (Å²) in [6.07, 6.45) is 5.30. The summed E-state index contributed by atoms with van der Waals surface area (Å²) in [5.41, 5.74) is -0.527. The summed E-state index contributed by atoms with van der Waals surface area (Å²) in [6.45, 7) is 4.93. The Labute approximate surface area is 92.9 Å². The minimum atomic E-state index is -0.527. The Balaban J connectivity index is 2.33. The van der Waals surface area contributed by atoms with E-state index < -0.39 is 5.60 Å². The third-order valence-electron chi connectivity index (χ3n) is 3.48. The molecule has 15 heavy (non-hydrogen) atoms. The number of rotatable bonds is 5. The zero-order chi connectivity index (χ0) is 11.3. The second-order valence-corrected chi connectivity index (χ2v) is 5.20. The highest BCUT2D eigenvalue weighted by atomic mass is 16.3. The topological polar surface area (TPSA) is 52.5 Å². The lowest BCUT2D eigenvalue weighted by Gasteiger charge is -2.34. The van der Waals surface area contributed by atoms with Gasteiger partial charge < -0.3 is 15.5 Å². The standard InChI is InChI=1S/C12H25NO2/c1-10(2)11(8-14)13-9-12(15)6-4-3-5-7-12/h10-11,13-15H,3-9H2,1-2H3. The smallest absolute Gasteiger partial charge is 0.0771 e. The molecule has 1 fully saturated rings. The molecular weight excluding hydrogens is 190 g/mol. The maximum atomic E-state index is 10.3. The second-order valence-electron chi connectivity index (χ2n) is 5.20. The highest BCUT2D eigenvalue weighted by Gasteiger charge is 2.29. The number of aliphatic hydroxyl groups is 2. The predicted molar refractivity (Wildman–Crippen MR) is 61.7 cm³/mol. The molecule has 0 aliphatic heterocycles. The molecule has 0 saturated heterocycles. The first-order valence-corrected chi connectivity index (χ1v) is 6.14. The molecule has 3 nitrogen and oxygen atoms in total. The second kappa shape index (κ2) is 5.83. The molecule has 0 heterocycles. The van der Waals surface area contributed by atoms with Gasteiger partial charge in [-0.1, -0.05) is 33.1 Å². The van der Waals surface area contributed by atoms with Crippen molar-refractivity contribution >= 4 is 0 Å². The van der Waals surface area contributed by atoms with Crippen LogP contribution < -0.4 is 5.32 Å². The summed E-state index contributed by atoms with van der Waals surface area (Å²) in [5, 5.41) is 22.7. The number of aliphatic hydroxyl groups excluding tert-OH is 1. The molecule has 0 aromatic rings. The van der Waals surface area contributed by atoms with E-state index in [1.807, 2.05) is 0 Å². The summed E-state index contributed by atoms with van der Waals surface area (Å²) < 4.78 is 0. The van der Waals surface area contributed by atoms with Crippen molar-refractivity contribution in [2.24, 2.45) is 5.92 Å². The Morgan fingerprint density at radius 1 is 1.20 bits per heavy atom.